The number of hydrogen-bond acceptors (Lipinski definition) is 3. The molecule has 0 aliphatic carbocycles. The molecule has 1 aromatic heterocycles. The van der Waals surface area contributed by atoms with Gasteiger partial charge in [0.25, 0.3) is 0 Å². The van der Waals surface area contributed by atoms with E-state index >= 15 is 0 Å². The van der Waals surface area contributed by atoms with Gasteiger partial charge in [0.2, 0.25) is 3.79 Å². The van der Waals surface area contributed by atoms with Crippen molar-refractivity contribution >= 4 is 40.9 Å². The second-order valence-corrected chi connectivity index (χ2v) is 7.25. The lowest BCUT2D eigenvalue weighted by molar-refractivity contribution is 0.924. The molecule has 24 heavy (non-hydrogen) atoms. The highest BCUT2D eigenvalue weighted by molar-refractivity contribution is 6.66. The van der Waals surface area contributed by atoms with Crippen LogP contribution in [0, 0.1) is 0 Å². The molecule has 3 nitrogen and oxygen atoms in total. The maximum absolute atomic E-state index is 5.89. The van der Waals surface area contributed by atoms with Crippen molar-refractivity contribution in [2.24, 2.45) is 0 Å². The first kappa shape index (κ1) is 16.9. The summed E-state index contributed by atoms with van der Waals surface area (Å²) in [5.74, 6) is 0.532. The molecule has 0 spiro atoms. The number of nitrogens with zero attached hydrogens (tertiary/aromatic N) is 3. The van der Waals surface area contributed by atoms with E-state index in [0.29, 0.717) is 5.82 Å². The van der Waals surface area contributed by atoms with E-state index in [1.165, 1.54) is 6.33 Å². The highest BCUT2D eigenvalue weighted by Gasteiger charge is 2.27. The van der Waals surface area contributed by atoms with E-state index in [1.807, 2.05) is 54.6 Å². The van der Waals surface area contributed by atoms with Gasteiger partial charge in [-0.3, -0.25) is 0 Å². The van der Waals surface area contributed by atoms with E-state index in [4.69, 9.17) is 34.8 Å². The SMILES string of the molecule is C=Cc1ccccc1-c1ccccc1-c1ncnc(C(Cl)(Cl)Cl)n1. The minimum absolute atomic E-state index is 0.0873. The highest BCUT2D eigenvalue weighted by atomic mass is 35.6. The Labute approximate surface area is 155 Å². The number of alkyl halides is 3. The summed E-state index contributed by atoms with van der Waals surface area (Å²) in [5, 5.41) is 0. The van der Waals surface area contributed by atoms with Crippen LogP contribution >= 0.6 is 34.8 Å². The molecule has 0 saturated carbocycles. The number of halogens is 3. The van der Waals surface area contributed by atoms with Crippen molar-refractivity contribution in [3.63, 3.8) is 0 Å². The lowest BCUT2D eigenvalue weighted by atomic mass is 9.95. The van der Waals surface area contributed by atoms with Gasteiger partial charge in [-0.2, -0.15) is 0 Å². The second kappa shape index (κ2) is 6.89. The van der Waals surface area contributed by atoms with E-state index < -0.39 is 3.79 Å². The van der Waals surface area contributed by atoms with Crippen LogP contribution < -0.4 is 0 Å². The van der Waals surface area contributed by atoms with Gasteiger partial charge in [-0.05, 0) is 16.7 Å². The van der Waals surface area contributed by atoms with Crippen molar-refractivity contribution in [2.45, 2.75) is 3.79 Å². The summed E-state index contributed by atoms with van der Waals surface area (Å²) < 4.78 is -1.70. The molecule has 0 saturated heterocycles. The molecule has 0 radical (unpaired) electrons. The summed E-state index contributed by atoms with van der Waals surface area (Å²) in [7, 11) is 0. The average Bonchev–Trinajstić information content (AvgIpc) is 2.61. The molecule has 1 heterocycles. The Bertz CT molecular complexity index is 888. The maximum atomic E-state index is 5.89. The van der Waals surface area contributed by atoms with Gasteiger partial charge in [0.1, 0.15) is 6.33 Å². The molecule has 3 rings (SSSR count). The zero-order chi connectivity index (χ0) is 17.2. The summed E-state index contributed by atoms with van der Waals surface area (Å²) in [5.41, 5.74) is 3.83. The largest absolute Gasteiger partial charge is 0.250 e. The van der Waals surface area contributed by atoms with Crippen LogP contribution in [0.1, 0.15) is 11.4 Å². The van der Waals surface area contributed by atoms with Crippen LogP contribution in [0.5, 0.6) is 0 Å². The molecule has 0 unspecified atom stereocenters. The van der Waals surface area contributed by atoms with E-state index in [1.54, 1.807) is 0 Å². The predicted octanol–water partition coefficient (Wildman–Crippen LogP) is 5.68. The van der Waals surface area contributed by atoms with Crippen molar-refractivity contribution < 1.29 is 0 Å². The monoisotopic (exact) mass is 375 g/mol. The molecule has 3 aromatic rings. The fourth-order valence-electron chi connectivity index (χ4n) is 2.40. The van der Waals surface area contributed by atoms with Crippen LogP contribution in [0.25, 0.3) is 28.6 Å². The van der Waals surface area contributed by atoms with Gasteiger partial charge in [0.05, 0.1) is 0 Å². The third kappa shape index (κ3) is 3.44. The molecule has 2 aromatic carbocycles. The smallest absolute Gasteiger partial charge is 0.217 e. The highest BCUT2D eigenvalue weighted by Crippen LogP contribution is 2.37. The molecule has 6 heteroatoms. The molecule has 0 atom stereocenters. The maximum Gasteiger partial charge on any atom is 0.250 e. The van der Waals surface area contributed by atoms with Crippen LogP contribution in [0.2, 0.25) is 0 Å². The lowest BCUT2D eigenvalue weighted by Crippen LogP contribution is -2.09. The minimum atomic E-state index is -1.70. The van der Waals surface area contributed by atoms with Crippen molar-refractivity contribution in [3.05, 3.63) is 72.8 Å². The summed E-state index contributed by atoms with van der Waals surface area (Å²) >= 11 is 17.7. The lowest BCUT2D eigenvalue weighted by Gasteiger charge is -2.13. The fourth-order valence-corrected chi connectivity index (χ4v) is 2.67. The Morgan fingerprint density at radius 2 is 1.46 bits per heavy atom. The van der Waals surface area contributed by atoms with Crippen LogP contribution in [-0.2, 0) is 3.79 Å². The Kier molecular flexibility index (Phi) is 4.86. The number of aromatic nitrogens is 3. The van der Waals surface area contributed by atoms with Gasteiger partial charge in [-0.25, -0.2) is 15.0 Å². The van der Waals surface area contributed by atoms with Crippen molar-refractivity contribution in [1.29, 1.82) is 0 Å². The van der Waals surface area contributed by atoms with Gasteiger partial charge in [0, 0.05) is 5.56 Å². The van der Waals surface area contributed by atoms with Gasteiger partial charge >= 0.3 is 0 Å². The molecule has 0 aliphatic rings. The van der Waals surface area contributed by atoms with E-state index in [2.05, 4.69) is 21.5 Å². The van der Waals surface area contributed by atoms with Crippen molar-refractivity contribution in [1.82, 2.24) is 15.0 Å². The summed E-state index contributed by atoms with van der Waals surface area (Å²) in [6, 6.07) is 15.7. The quantitative estimate of drug-likeness (QED) is 0.552. The van der Waals surface area contributed by atoms with Crippen molar-refractivity contribution in [3.8, 4) is 22.5 Å². The van der Waals surface area contributed by atoms with Crippen molar-refractivity contribution in [2.75, 3.05) is 0 Å². The van der Waals surface area contributed by atoms with E-state index in [0.717, 1.165) is 22.3 Å². The van der Waals surface area contributed by atoms with Crippen LogP contribution in [0.15, 0.2) is 61.4 Å². The van der Waals surface area contributed by atoms with Gasteiger partial charge < -0.3 is 0 Å². The van der Waals surface area contributed by atoms with Crippen LogP contribution in [0.3, 0.4) is 0 Å². The number of rotatable bonds is 3. The normalized spacial score (nSPS) is 11.3. The fraction of sp³-hybridized carbons (Fsp3) is 0.0556. The topological polar surface area (TPSA) is 38.7 Å². The Hall–Kier alpha value is -1.94. The van der Waals surface area contributed by atoms with Gasteiger partial charge in [-0.1, -0.05) is 96.0 Å². The standard InChI is InChI=1S/C18H12Cl3N3/c1-2-12-7-3-4-8-13(12)14-9-5-6-10-15(14)16-22-11-23-17(24-16)18(19,20)21/h2-11H,1H2. The Morgan fingerprint density at radius 3 is 2.12 bits per heavy atom. The third-order valence-corrected chi connectivity index (χ3v) is 3.97. The molecule has 120 valence electrons. The molecule has 0 N–H and O–H groups in total. The first-order chi connectivity index (χ1) is 11.5. The molecular weight excluding hydrogens is 365 g/mol. The zero-order valence-electron chi connectivity index (χ0n) is 12.5. The Balaban J connectivity index is 2.20. The molecular formula is C18H12Cl3N3. The van der Waals surface area contributed by atoms with E-state index in [-0.39, 0.29) is 5.82 Å². The average molecular weight is 377 g/mol. The van der Waals surface area contributed by atoms with Gasteiger partial charge in [0.15, 0.2) is 11.6 Å². The number of hydrogen-bond donors (Lipinski definition) is 0. The summed E-state index contributed by atoms with van der Waals surface area (Å²) in [6.45, 7) is 3.87. The summed E-state index contributed by atoms with van der Waals surface area (Å²) in [4.78, 5) is 12.5. The third-order valence-electron chi connectivity index (χ3n) is 3.46. The molecule has 0 bridgehead atoms. The zero-order valence-corrected chi connectivity index (χ0v) is 14.7. The van der Waals surface area contributed by atoms with Crippen LogP contribution in [0.4, 0.5) is 0 Å². The van der Waals surface area contributed by atoms with E-state index in [9.17, 15) is 0 Å². The second-order valence-electron chi connectivity index (χ2n) is 4.97. The predicted molar refractivity (Wildman–Crippen MR) is 100 cm³/mol. The van der Waals surface area contributed by atoms with Gasteiger partial charge in [-0.15, -0.1) is 0 Å². The molecule has 0 amide bonds. The molecule has 0 aliphatic heterocycles. The first-order valence-electron chi connectivity index (χ1n) is 7.08. The summed E-state index contributed by atoms with van der Waals surface area (Å²) in [6.07, 6.45) is 3.15. The first-order valence-corrected chi connectivity index (χ1v) is 8.21. The Morgan fingerprint density at radius 1 is 0.833 bits per heavy atom. The minimum Gasteiger partial charge on any atom is -0.217 e. The molecule has 0 fully saturated rings. The van der Waals surface area contributed by atoms with Crippen LogP contribution in [-0.4, -0.2) is 15.0 Å². The number of benzene rings is 2.